The fraction of sp³-hybridized carbons (Fsp3) is 0.500. The number of benzene rings is 1. The van der Waals surface area contributed by atoms with Crippen molar-refractivity contribution < 1.29 is 4.74 Å². The Morgan fingerprint density at radius 2 is 1.73 bits per heavy atom. The molecule has 0 atom stereocenters. The zero-order valence-electron chi connectivity index (χ0n) is 13.2. The van der Waals surface area contributed by atoms with Gasteiger partial charge < -0.3 is 14.5 Å². The van der Waals surface area contributed by atoms with E-state index in [1.165, 1.54) is 42.7 Å². The molecule has 0 radical (unpaired) electrons. The maximum absolute atomic E-state index is 5.45. The number of pyridine rings is 1. The second-order valence-electron chi connectivity index (χ2n) is 6.28. The molecule has 3 heterocycles. The first-order chi connectivity index (χ1) is 10.8. The quantitative estimate of drug-likeness (QED) is 0.852. The van der Waals surface area contributed by atoms with E-state index in [-0.39, 0.29) is 0 Å². The zero-order valence-corrected chi connectivity index (χ0v) is 13.2. The number of rotatable bonds is 2. The van der Waals surface area contributed by atoms with Gasteiger partial charge in [-0.1, -0.05) is 0 Å². The van der Waals surface area contributed by atoms with Crippen LogP contribution in [-0.4, -0.2) is 44.4 Å². The summed E-state index contributed by atoms with van der Waals surface area (Å²) in [7, 11) is 0. The number of hydrogen-bond donors (Lipinski definition) is 0. The Labute approximate surface area is 131 Å². The van der Waals surface area contributed by atoms with Gasteiger partial charge in [-0.25, -0.2) is 0 Å². The lowest BCUT2D eigenvalue weighted by Crippen LogP contribution is -2.36. The normalized spacial score (nSPS) is 19.1. The topological polar surface area (TPSA) is 28.6 Å². The molecule has 0 saturated carbocycles. The van der Waals surface area contributed by atoms with Crippen LogP contribution in [-0.2, 0) is 4.74 Å². The van der Waals surface area contributed by atoms with Crippen LogP contribution in [0.4, 0.5) is 11.4 Å². The van der Waals surface area contributed by atoms with Gasteiger partial charge >= 0.3 is 0 Å². The summed E-state index contributed by atoms with van der Waals surface area (Å²) < 4.78 is 5.45. The van der Waals surface area contributed by atoms with Crippen LogP contribution in [0.3, 0.4) is 0 Å². The highest BCUT2D eigenvalue weighted by atomic mass is 16.5. The third-order valence-corrected chi connectivity index (χ3v) is 4.72. The number of aryl methyl sites for hydroxylation is 1. The standard InChI is InChI=1S/C18H23N3O/c1-14-12-18(21-6-2-3-7-21)16-5-4-15(13-17(16)19-14)20-8-10-22-11-9-20/h4-5,12-13H,2-3,6-11H2,1H3. The Balaban J connectivity index is 1.75. The minimum atomic E-state index is 0.818. The van der Waals surface area contributed by atoms with Crippen molar-refractivity contribution in [3.05, 3.63) is 30.0 Å². The van der Waals surface area contributed by atoms with Crippen molar-refractivity contribution in [2.75, 3.05) is 49.2 Å². The first kappa shape index (κ1) is 13.8. The highest BCUT2D eigenvalue weighted by Crippen LogP contribution is 2.31. The third-order valence-electron chi connectivity index (χ3n) is 4.72. The average molecular weight is 297 g/mol. The molecule has 1 aromatic carbocycles. The van der Waals surface area contributed by atoms with Gasteiger partial charge in [0.1, 0.15) is 0 Å². The predicted molar refractivity (Wildman–Crippen MR) is 91.0 cm³/mol. The lowest BCUT2D eigenvalue weighted by atomic mass is 10.1. The van der Waals surface area contributed by atoms with Gasteiger partial charge in [0.2, 0.25) is 0 Å². The summed E-state index contributed by atoms with van der Waals surface area (Å²) in [6.45, 7) is 8.01. The Bertz CT molecular complexity index is 673. The van der Waals surface area contributed by atoms with Gasteiger partial charge in [-0.05, 0) is 44.0 Å². The van der Waals surface area contributed by atoms with Crippen LogP contribution in [0.15, 0.2) is 24.3 Å². The number of nitrogens with zero attached hydrogens (tertiary/aromatic N) is 3. The lowest BCUT2D eigenvalue weighted by Gasteiger charge is -2.29. The van der Waals surface area contributed by atoms with Crippen LogP contribution in [0.5, 0.6) is 0 Å². The summed E-state index contributed by atoms with van der Waals surface area (Å²) in [5.41, 5.74) is 4.84. The van der Waals surface area contributed by atoms with Crippen molar-refractivity contribution in [2.45, 2.75) is 19.8 Å². The van der Waals surface area contributed by atoms with Crippen LogP contribution in [0.2, 0.25) is 0 Å². The molecule has 0 aliphatic carbocycles. The molecule has 1 aromatic heterocycles. The minimum Gasteiger partial charge on any atom is -0.378 e. The van der Waals surface area contributed by atoms with Gasteiger partial charge in [0, 0.05) is 48.6 Å². The second kappa shape index (κ2) is 5.76. The maximum atomic E-state index is 5.45. The zero-order chi connectivity index (χ0) is 14.9. The van der Waals surface area contributed by atoms with E-state index in [4.69, 9.17) is 9.72 Å². The number of hydrogen-bond acceptors (Lipinski definition) is 4. The summed E-state index contributed by atoms with van der Waals surface area (Å²) in [5.74, 6) is 0. The molecular weight excluding hydrogens is 274 g/mol. The Morgan fingerprint density at radius 3 is 2.50 bits per heavy atom. The molecule has 4 nitrogen and oxygen atoms in total. The molecule has 2 fully saturated rings. The van der Waals surface area contributed by atoms with E-state index in [9.17, 15) is 0 Å². The molecular formula is C18H23N3O. The number of fused-ring (bicyclic) bond motifs is 1. The van der Waals surface area contributed by atoms with Crippen molar-refractivity contribution in [1.82, 2.24) is 4.98 Å². The monoisotopic (exact) mass is 297 g/mol. The lowest BCUT2D eigenvalue weighted by molar-refractivity contribution is 0.122. The fourth-order valence-corrected chi connectivity index (χ4v) is 3.56. The molecule has 116 valence electrons. The molecule has 2 saturated heterocycles. The summed E-state index contributed by atoms with van der Waals surface area (Å²) in [6.07, 6.45) is 2.60. The average Bonchev–Trinajstić information content (AvgIpc) is 3.08. The van der Waals surface area contributed by atoms with Crippen LogP contribution >= 0.6 is 0 Å². The highest BCUT2D eigenvalue weighted by molar-refractivity contribution is 5.94. The summed E-state index contributed by atoms with van der Waals surface area (Å²) in [6, 6.07) is 8.97. The predicted octanol–water partition coefficient (Wildman–Crippen LogP) is 2.98. The van der Waals surface area contributed by atoms with Crippen LogP contribution in [0, 0.1) is 6.92 Å². The maximum Gasteiger partial charge on any atom is 0.0746 e. The van der Waals surface area contributed by atoms with E-state index >= 15 is 0 Å². The van der Waals surface area contributed by atoms with Gasteiger partial charge in [0.25, 0.3) is 0 Å². The van der Waals surface area contributed by atoms with Crippen molar-refractivity contribution in [1.29, 1.82) is 0 Å². The molecule has 0 unspecified atom stereocenters. The van der Waals surface area contributed by atoms with Crippen LogP contribution < -0.4 is 9.80 Å². The number of anilines is 2. The van der Waals surface area contributed by atoms with Crippen molar-refractivity contribution in [3.63, 3.8) is 0 Å². The molecule has 0 N–H and O–H groups in total. The Kier molecular flexibility index (Phi) is 3.62. The van der Waals surface area contributed by atoms with E-state index < -0.39 is 0 Å². The van der Waals surface area contributed by atoms with E-state index in [0.29, 0.717) is 0 Å². The molecule has 2 aliphatic heterocycles. The second-order valence-corrected chi connectivity index (χ2v) is 6.28. The van der Waals surface area contributed by atoms with E-state index in [0.717, 1.165) is 37.5 Å². The summed E-state index contributed by atoms with van der Waals surface area (Å²) in [4.78, 5) is 9.68. The molecule has 4 heteroatoms. The largest absolute Gasteiger partial charge is 0.378 e. The molecule has 0 amide bonds. The molecule has 4 rings (SSSR count). The molecule has 0 spiro atoms. The van der Waals surface area contributed by atoms with Gasteiger partial charge in [-0.2, -0.15) is 0 Å². The van der Waals surface area contributed by atoms with Gasteiger partial charge in [-0.15, -0.1) is 0 Å². The number of ether oxygens (including phenoxy) is 1. The van der Waals surface area contributed by atoms with Gasteiger partial charge in [-0.3, -0.25) is 4.98 Å². The van der Waals surface area contributed by atoms with E-state index in [1.807, 2.05) is 0 Å². The van der Waals surface area contributed by atoms with E-state index in [1.54, 1.807) is 0 Å². The van der Waals surface area contributed by atoms with Crippen LogP contribution in [0.1, 0.15) is 18.5 Å². The SMILES string of the molecule is Cc1cc(N2CCCC2)c2ccc(N3CCOCC3)cc2n1. The molecule has 0 bridgehead atoms. The molecule has 2 aromatic rings. The van der Waals surface area contributed by atoms with Crippen molar-refractivity contribution >= 4 is 22.3 Å². The van der Waals surface area contributed by atoms with Gasteiger partial charge in [0.15, 0.2) is 0 Å². The smallest absolute Gasteiger partial charge is 0.0746 e. The summed E-state index contributed by atoms with van der Waals surface area (Å²) in [5, 5.41) is 1.28. The summed E-state index contributed by atoms with van der Waals surface area (Å²) >= 11 is 0. The van der Waals surface area contributed by atoms with Gasteiger partial charge in [0.05, 0.1) is 18.7 Å². The van der Waals surface area contributed by atoms with Crippen LogP contribution in [0.25, 0.3) is 10.9 Å². The third kappa shape index (κ3) is 2.52. The number of morpholine rings is 1. The molecule has 22 heavy (non-hydrogen) atoms. The Hall–Kier alpha value is -1.81. The fourth-order valence-electron chi connectivity index (χ4n) is 3.56. The first-order valence-corrected chi connectivity index (χ1v) is 8.30. The molecule has 2 aliphatic rings. The van der Waals surface area contributed by atoms with Crippen molar-refractivity contribution in [3.8, 4) is 0 Å². The van der Waals surface area contributed by atoms with E-state index in [2.05, 4.69) is 41.0 Å². The Morgan fingerprint density at radius 1 is 0.955 bits per heavy atom. The number of aromatic nitrogens is 1. The highest BCUT2D eigenvalue weighted by Gasteiger charge is 2.17. The first-order valence-electron chi connectivity index (χ1n) is 8.30. The van der Waals surface area contributed by atoms with Crippen molar-refractivity contribution in [2.24, 2.45) is 0 Å². The minimum absolute atomic E-state index is 0.818.